The summed E-state index contributed by atoms with van der Waals surface area (Å²) in [7, 11) is 0. The predicted molar refractivity (Wildman–Crippen MR) is 107 cm³/mol. The highest BCUT2D eigenvalue weighted by Gasteiger charge is 2.17. The zero-order chi connectivity index (χ0) is 20.8. The molecule has 1 amide bonds. The lowest BCUT2D eigenvalue weighted by atomic mass is 10.1. The van der Waals surface area contributed by atoms with Crippen molar-refractivity contribution in [1.29, 1.82) is 0 Å². The predicted octanol–water partition coefficient (Wildman–Crippen LogP) is 2.94. The fourth-order valence-electron chi connectivity index (χ4n) is 2.84. The number of pyridine rings is 1. The fraction of sp³-hybridized carbons (Fsp3) is 0.200. The van der Waals surface area contributed by atoms with E-state index in [1.54, 1.807) is 49.6 Å². The van der Waals surface area contributed by atoms with Gasteiger partial charge in [-0.05, 0) is 37.1 Å². The number of hydrogen-bond donors (Lipinski definition) is 1. The Hall–Kier alpha value is -3.88. The smallest absolute Gasteiger partial charge is 0.293 e. The van der Waals surface area contributed by atoms with Crippen LogP contribution >= 0.6 is 0 Å². The lowest BCUT2D eigenvalue weighted by molar-refractivity contribution is -0.384. The molecular weight excluding hydrogens is 374 g/mol. The minimum Gasteiger partial charge on any atom is -0.320 e. The van der Waals surface area contributed by atoms with Gasteiger partial charge >= 0.3 is 0 Å². The third-order valence-electron chi connectivity index (χ3n) is 4.33. The van der Waals surface area contributed by atoms with Gasteiger partial charge in [0.05, 0.1) is 10.6 Å². The summed E-state index contributed by atoms with van der Waals surface area (Å²) in [6.07, 6.45) is 3.74. The van der Waals surface area contributed by atoms with Crippen LogP contribution in [0.15, 0.2) is 59.7 Å². The van der Waals surface area contributed by atoms with Crippen molar-refractivity contribution in [1.82, 2.24) is 14.8 Å². The molecular formula is C20H19N5O4. The molecule has 0 spiro atoms. The number of nitro groups is 1. The maximum Gasteiger partial charge on any atom is 0.293 e. The average molecular weight is 393 g/mol. The van der Waals surface area contributed by atoms with E-state index in [0.717, 1.165) is 5.56 Å². The van der Waals surface area contributed by atoms with Crippen molar-refractivity contribution in [3.8, 4) is 11.3 Å². The van der Waals surface area contributed by atoms with Crippen LogP contribution in [0.25, 0.3) is 11.3 Å². The van der Waals surface area contributed by atoms with Gasteiger partial charge in [0.15, 0.2) is 0 Å². The van der Waals surface area contributed by atoms with Gasteiger partial charge in [0.25, 0.3) is 11.2 Å². The number of rotatable bonds is 7. The quantitative estimate of drug-likeness (QED) is 0.487. The van der Waals surface area contributed by atoms with Gasteiger partial charge in [-0.3, -0.25) is 24.7 Å². The van der Waals surface area contributed by atoms with Crippen LogP contribution in [0.5, 0.6) is 0 Å². The van der Waals surface area contributed by atoms with Crippen molar-refractivity contribution < 1.29 is 9.72 Å². The normalized spacial score (nSPS) is 10.5. The molecule has 0 aliphatic carbocycles. The Morgan fingerprint density at radius 3 is 2.66 bits per heavy atom. The summed E-state index contributed by atoms with van der Waals surface area (Å²) in [6, 6.07) is 11.3. The first-order valence-electron chi connectivity index (χ1n) is 8.98. The number of carbonyl (C=O) groups is 1. The minimum absolute atomic E-state index is 0.0963. The van der Waals surface area contributed by atoms with E-state index < -0.39 is 4.92 Å². The molecule has 148 valence electrons. The molecule has 0 saturated heterocycles. The Labute approximate surface area is 166 Å². The Balaban J connectivity index is 1.64. The van der Waals surface area contributed by atoms with Gasteiger partial charge in [-0.25, -0.2) is 4.68 Å². The second-order valence-corrected chi connectivity index (χ2v) is 6.39. The molecule has 9 heteroatoms. The Bertz CT molecular complexity index is 1100. The highest BCUT2D eigenvalue weighted by molar-refractivity contribution is 5.94. The van der Waals surface area contributed by atoms with E-state index in [9.17, 15) is 19.7 Å². The molecule has 0 bridgehead atoms. The summed E-state index contributed by atoms with van der Waals surface area (Å²) < 4.78 is 1.30. The number of carbonyl (C=O) groups excluding carboxylic acids is 1. The van der Waals surface area contributed by atoms with Gasteiger partial charge < -0.3 is 5.32 Å². The first-order valence-corrected chi connectivity index (χ1v) is 8.98. The number of nitrogens with one attached hydrogen (secondary N) is 1. The molecule has 0 aliphatic heterocycles. The van der Waals surface area contributed by atoms with Crippen LogP contribution in [-0.4, -0.2) is 25.6 Å². The summed E-state index contributed by atoms with van der Waals surface area (Å²) >= 11 is 0. The number of nitrogens with zero attached hydrogens (tertiary/aromatic N) is 4. The minimum atomic E-state index is -0.531. The van der Waals surface area contributed by atoms with Crippen LogP contribution in [0.1, 0.15) is 18.4 Å². The maximum absolute atomic E-state index is 12.3. The van der Waals surface area contributed by atoms with Crippen LogP contribution in [0.2, 0.25) is 0 Å². The summed E-state index contributed by atoms with van der Waals surface area (Å²) in [6.45, 7) is 1.94. The Morgan fingerprint density at radius 2 is 1.93 bits per heavy atom. The van der Waals surface area contributed by atoms with E-state index in [-0.39, 0.29) is 35.8 Å². The molecule has 0 unspecified atom stereocenters. The largest absolute Gasteiger partial charge is 0.320 e. The highest BCUT2D eigenvalue weighted by Crippen LogP contribution is 2.27. The summed E-state index contributed by atoms with van der Waals surface area (Å²) in [5.74, 6) is -0.360. The number of aryl methyl sites for hydroxylation is 2. The number of nitro benzene ring substituents is 1. The van der Waals surface area contributed by atoms with Crippen molar-refractivity contribution in [2.75, 3.05) is 5.32 Å². The second kappa shape index (κ2) is 8.87. The maximum atomic E-state index is 12.3. The van der Waals surface area contributed by atoms with E-state index >= 15 is 0 Å². The number of benzene rings is 1. The van der Waals surface area contributed by atoms with E-state index in [1.165, 1.54) is 16.8 Å². The van der Waals surface area contributed by atoms with Gasteiger partial charge in [-0.1, -0.05) is 12.1 Å². The van der Waals surface area contributed by atoms with E-state index in [0.29, 0.717) is 17.7 Å². The molecule has 2 heterocycles. The molecule has 0 radical (unpaired) electrons. The molecule has 0 aliphatic rings. The average Bonchev–Trinajstić information content (AvgIpc) is 2.71. The van der Waals surface area contributed by atoms with Crippen LogP contribution in [0.4, 0.5) is 11.4 Å². The topological polar surface area (TPSA) is 120 Å². The zero-order valence-corrected chi connectivity index (χ0v) is 15.7. The Kier molecular flexibility index (Phi) is 6.08. The molecule has 0 fully saturated rings. The van der Waals surface area contributed by atoms with Gasteiger partial charge in [-0.2, -0.15) is 5.10 Å². The lowest BCUT2D eigenvalue weighted by Crippen LogP contribution is -2.23. The van der Waals surface area contributed by atoms with Gasteiger partial charge in [-0.15, -0.1) is 0 Å². The van der Waals surface area contributed by atoms with Crippen molar-refractivity contribution in [2.45, 2.75) is 26.3 Å². The monoisotopic (exact) mass is 393 g/mol. The molecule has 1 N–H and O–H groups in total. The first kappa shape index (κ1) is 19.9. The molecule has 3 rings (SSSR count). The number of amides is 1. The van der Waals surface area contributed by atoms with Crippen LogP contribution in [0, 0.1) is 17.0 Å². The van der Waals surface area contributed by atoms with E-state index in [4.69, 9.17) is 0 Å². The van der Waals surface area contributed by atoms with Gasteiger partial charge in [0.1, 0.15) is 5.69 Å². The highest BCUT2D eigenvalue weighted by atomic mass is 16.6. The summed E-state index contributed by atoms with van der Waals surface area (Å²) in [5, 5.41) is 18.1. The lowest BCUT2D eigenvalue weighted by Gasteiger charge is -2.10. The van der Waals surface area contributed by atoms with Crippen molar-refractivity contribution in [3.63, 3.8) is 0 Å². The molecule has 9 nitrogen and oxygen atoms in total. The molecule has 1 aromatic carbocycles. The Morgan fingerprint density at radius 1 is 1.17 bits per heavy atom. The van der Waals surface area contributed by atoms with Crippen LogP contribution in [-0.2, 0) is 11.3 Å². The number of anilines is 1. The first-order chi connectivity index (χ1) is 14.0. The van der Waals surface area contributed by atoms with Gasteiger partial charge in [0.2, 0.25) is 5.91 Å². The van der Waals surface area contributed by atoms with Crippen molar-refractivity contribution in [2.24, 2.45) is 0 Å². The van der Waals surface area contributed by atoms with E-state index in [2.05, 4.69) is 15.4 Å². The second-order valence-electron chi connectivity index (χ2n) is 6.39. The number of para-hydroxylation sites is 1. The fourth-order valence-corrected chi connectivity index (χ4v) is 2.84. The molecule has 0 saturated carbocycles. The van der Waals surface area contributed by atoms with Crippen LogP contribution in [0.3, 0.4) is 0 Å². The number of aromatic nitrogens is 3. The van der Waals surface area contributed by atoms with E-state index in [1.807, 2.05) is 0 Å². The molecule has 29 heavy (non-hydrogen) atoms. The van der Waals surface area contributed by atoms with Crippen molar-refractivity contribution >= 4 is 17.3 Å². The number of hydrogen-bond acceptors (Lipinski definition) is 6. The van der Waals surface area contributed by atoms with Crippen molar-refractivity contribution in [3.05, 3.63) is 80.9 Å². The van der Waals surface area contributed by atoms with Crippen LogP contribution < -0.4 is 10.9 Å². The molecule has 3 aromatic rings. The summed E-state index contributed by atoms with van der Waals surface area (Å²) in [4.78, 5) is 38.9. The zero-order valence-electron chi connectivity index (χ0n) is 15.7. The third-order valence-corrected chi connectivity index (χ3v) is 4.33. The SMILES string of the molecule is Cc1cccc([N+](=O)[O-])c1NC(=O)CCCn1nc(-c2ccncc2)ccc1=O. The summed E-state index contributed by atoms with van der Waals surface area (Å²) in [5.41, 5.74) is 1.84. The molecule has 0 atom stereocenters. The third kappa shape index (κ3) is 4.89. The standard InChI is InChI=1S/C20H19N5O4/c1-14-4-2-5-17(25(28)29)20(14)22-18(26)6-3-13-24-19(27)8-7-16(23-24)15-9-11-21-12-10-15/h2,4-5,7-12H,3,6,13H2,1H3,(H,22,26). The van der Waals surface area contributed by atoms with Gasteiger partial charge in [0, 0.05) is 43.1 Å². The molecule has 2 aromatic heterocycles.